The van der Waals surface area contributed by atoms with Gasteiger partial charge in [-0.2, -0.15) is 0 Å². The molecule has 0 radical (unpaired) electrons. The van der Waals surface area contributed by atoms with Crippen molar-refractivity contribution < 1.29 is 19.7 Å². The number of aliphatic hydroxyl groups excluding tert-OH is 2. The smallest absolute Gasteiger partial charge is 0.123 e. The van der Waals surface area contributed by atoms with Crippen LogP contribution in [0, 0.1) is 34.0 Å². The fraction of sp³-hybridized carbons (Fsp3) is 0.778. The molecule has 0 amide bonds. The van der Waals surface area contributed by atoms with Gasteiger partial charge in [-0.25, -0.2) is 0 Å². The Kier molecular flexibility index (Phi) is 4.95. The lowest BCUT2D eigenvalue weighted by Gasteiger charge is -2.69. The van der Waals surface area contributed by atoms with Crippen LogP contribution < -0.4 is 9.47 Å². The number of ether oxygens (including phenoxy) is 2. The van der Waals surface area contributed by atoms with Crippen molar-refractivity contribution in [1.82, 2.24) is 0 Å². The zero-order valence-electron chi connectivity index (χ0n) is 19.7. The quantitative estimate of drug-likeness (QED) is 0.712. The van der Waals surface area contributed by atoms with Gasteiger partial charge in [0.2, 0.25) is 0 Å². The van der Waals surface area contributed by atoms with E-state index in [1.54, 1.807) is 7.11 Å². The third-order valence-corrected chi connectivity index (χ3v) is 10.5. The minimum atomic E-state index is -0.161. The third kappa shape index (κ3) is 2.86. The van der Waals surface area contributed by atoms with Crippen LogP contribution in [0.3, 0.4) is 0 Å². The number of aliphatic hydroxyl groups is 2. The highest BCUT2D eigenvalue weighted by Crippen LogP contribution is 2.70. The van der Waals surface area contributed by atoms with E-state index in [1.165, 1.54) is 5.56 Å². The van der Waals surface area contributed by atoms with Crippen LogP contribution >= 0.6 is 0 Å². The topological polar surface area (TPSA) is 58.9 Å². The number of hydrogen-bond donors (Lipinski definition) is 2. The molecule has 3 aliphatic carbocycles. The maximum Gasteiger partial charge on any atom is 0.123 e. The summed E-state index contributed by atoms with van der Waals surface area (Å²) >= 11 is 0. The lowest BCUT2D eigenvalue weighted by atomic mass is 9.37. The molecule has 5 rings (SSSR count). The Hall–Kier alpha value is -1.26. The molecular weight excluding hydrogens is 388 g/mol. The van der Waals surface area contributed by atoms with Crippen LogP contribution in [0.15, 0.2) is 18.2 Å². The van der Waals surface area contributed by atoms with Crippen LogP contribution in [0.4, 0.5) is 0 Å². The summed E-state index contributed by atoms with van der Waals surface area (Å²) in [7, 11) is 1.72. The average Bonchev–Trinajstić information content (AvgIpc) is 2.77. The number of hydrogen-bond acceptors (Lipinski definition) is 4. The lowest BCUT2D eigenvalue weighted by molar-refractivity contribution is -0.229. The van der Waals surface area contributed by atoms with Crippen LogP contribution in [-0.2, 0) is 6.42 Å². The standard InChI is InChI=1S/C27H40O4/c1-24(16-28)10-5-11-27(17-29)21(24)8-12-25(2)22(27)9-13-26(3)23(25)15-18-14-19(30-4)6-7-20(18)31-26/h6-7,14,21-23,28-29H,5,8-13,15-17H2,1-4H3/t21-,22-,23-,24+,25+,26-,27+/m0/s1. The van der Waals surface area contributed by atoms with Gasteiger partial charge in [-0.05, 0) is 98.3 Å². The van der Waals surface area contributed by atoms with E-state index in [4.69, 9.17) is 9.47 Å². The minimum Gasteiger partial charge on any atom is -0.497 e. The lowest BCUT2D eigenvalue weighted by Crippen LogP contribution is -2.66. The molecule has 4 nitrogen and oxygen atoms in total. The Morgan fingerprint density at radius 2 is 1.74 bits per heavy atom. The van der Waals surface area contributed by atoms with Crippen molar-refractivity contribution in [3.05, 3.63) is 23.8 Å². The Morgan fingerprint density at radius 1 is 0.968 bits per heavy atom. The Labute approximate surface area is 187 Å². The van der Waals surface area contributed by atoms with Crippen LogP contribution in [0.25, 0.3) is 0 Å². The molecule has 0 bridgehead atoms. The van der Waals surface area contributed by atoms with Gasteiger partial charge in [0.1, 0.15) is 17.1 Å². The van der Waals surface area contributed by atoms with Gasteiger partial charge >= 0.3 is 0 Å². The summed E-state index contributed by atoms with van der Waals surface area (Å²) in [6, 6.07) is 6.22. The van der Waals surface area contributed by atoms with E-state index >= 15 is 0 Å². The Balaban J connectivity index is 1.56. The van der Waals surface area contributed by atoms with E-state index in [-0.39, 0.29) is 35.1 Å². The second kappa shape index (κ2) is 7.12. The number of benzene rings is 1. The van der Waals surface area contributed by atoms with Crippen molar-refractivity contribution >= 4 is 0 Å². The van der Waals surface area contributed by atoms with Gasteiger partial charge in [0.15, 0.2) is 0 Å². The predicted molar refractivity (Wildman–Crippen MR) is 121 cm³/mol. The number of rotatable bonds is 3. The fourth-order valence-corrected chi connectivity index (χ4v) is 9.01. The summed E-state index contributed by atoms with van der Waals surface area (Å²) in [5.41, 5.74) is 1.09. The van der Waals surface area contributed by atoms with Crippen molar-refractivity contribution in [2.45, 2.75) is 77.7 Å². The summed E-state index contributed by atoms with van der Waals surface area (Å²) in [6.45, 7) is 7.57. The van der Waals surface area contributed by atoms with Gasteiger partial charge in [-0.3, -0.25) is 0 Å². The van der Waals surface area contributed by atoms with E-state index in [0.717, 1.165) is 62.9 Å². The van der Waals surface area contributed by atoms with E-state index in [9.17, 15) is 10.2 Å². The number of fused-ring (bicyclic) bond motifs is 6. The van der Waals surface area contributed by atoms with Gasteiger partial charge < -0.3 is 19.7 Å². The molecule has 0 spiro atoms. The molecule has 0 aromatic heterocycles. The number of methoxy groups -OCH3 is 1. The first-order valence-electron chi connectivity index (χ1n) is 12.3. The van der Waals surface area contributed by atoms with E-state index < -0.39 is 0 Å². The molecule has 31 heavy (non-hydrogen) atoms. The van der Waals surface area contributed by atoms with Gasteiger partial charge in [-0.15, -0.1) is 0 Å². The molecule has 0 unspecified atom stereocenters. The van der Waals surface area contributed by atoms with Crippen molar-refractivity contribution in [1.29, 1.82) is 0 Å². The maximum absolute atomic E-state index is 10.9. The van der Waals surface area contributed by atoms with E-state index in [2.05, 4.69) is 32.9 Å². The largest absolute Gasteiger partial charge is 0.497 e. The van der Waals surface area contributed by atoms with Crippen molar-refractivity contribution in [3.8, 4) is 11.5 Å². The predicted octanol–water partition coefficient (Wildman–Crippen LogP) is 4.99. The summed E-state index contributed by atoms with van der Waals surface area (Å²) < 4.78 is 12.2. The first-order chi connectivity index (χ1) is 14.7. The maximum atomic E-state index is 10.9. The Bertz CT molecular complexity index is 854. The van der Waals surface area contributed by atoms with Crippen LogP contribution in [0.1, 0.15) is 71.3 Å². The van der Waals surface area contributed by atoms with Gasteiger partial charge in [0.05, 0.1) is 7.11 Å². The van der Waals surface area contributed by atoms with Crippen LogP contribution in [0.5, 0.6) is 11.5 Å². The minimum absolute atomic E-state index is 0.0634. The van der Waals surface area contributed by atoms with Crippen LogP contribution in [0.2, 0.25) is 0 Å². The molecule has 3 fully saturated rings. The third-order valence-electron chi connectivity index (χ3n) is 10.5. The average molecular weight is 429 g/mol. The monoisotopic (exact) mass is 428 g/mol. The van der Waals surface area contributed by atoms with E-state index in [1.807, 2.05) is 6.07 Å². The molecule has 3 saturated carbocycles. The van der Waals surface area contributed by atoms with Gasteiger partial charge in [0.25, 0.3) is 0 Å². The summed E-state index contributed by atoms with van der Waals surface area (Å²) in [5.74, 6) is 3.21. The molecule has 1 heterocycles. The molecule has 7 atom stereocenters. The normalized spacial score (nSPS) is 46.1. The molecule has 4 heteroatoms. The molecule has 1 aliphatic heterocycles. The molecule has 172 valence electrons. The van der Waals surface area contributed by atoms with Crippen molar-refractivity contribution in [2.24, 2.45) is 34.0 Å². The molecule has 2 N–H and O–H groups in total. The fourth-order valence-electron chi connectivity index (χ4n) is 9.01. The first kappa shape index (κ1) is 21.6. The van der Waals surface area contributed by atoms with E-state index in [0.29, 0.717) is 17.8 Å². The first-order valence-corrected chi connectivity index (χ1v) is 12.3. The van der Waals surface area contributed by atoms with Crippen LogP contribution in [-0.4, -0.2) is 36.1 Å². The molecular formula is C27H40O4. The highest BCUT2D eigenvalue weighted by Gasteiger charge is 2.67. The highest BCUT2D eigenvalue weighted by molar-refractivity contribution is 5.43. The molecule has 1 aromatic rings. The van der Waals surface area contributed by atoms with Gasteiger partial charge in [0, 0.05) is 24.5 Å². The van der Waals surface area contributed by atoms with Crippen molar-refractivity contribution in [3.63, 3.8) is 0 Å². The molecule has 1 aromatic carbocycles. The zero-order valence-corrected chi connectivity index (χ0v) is 19.7. The summed E-state index contributed by atoms with van der Waals surface area (Å²) in [4.78, 5) is 0. The summed E-state index contributed by atoms with van der Waals surface area (Å²) in [5, 5.41) is 21.2. The molecule has 0 saturated heterocycles. The Morgan fingerprint density at radius 3 is 2.45 bits per heavy atom. The molecule has 4 aliphatic rings. The van der Waals surface area contributed by atoms with Crippen molar-refractivity contribution in [2.75, 3.05) is 20.3 Å². The zero-order chi connectivity index (χ0) is 22.1. The highest BCUT2D eigenvalue weighted by atomic mass is 16.5. The van der Waals surface area contributed by atoms with Gasteiger partial charge in [-0.1, -0.05) is 20.3 Å². The summed E-state index contributed by atoms with van der Waals surface area (Å²) in [6.07, 6.45) is 8.69. The SMILES string of the molecule is COc1ccc2c(c1)C[C@H]1[C@]3(C)CC[C@H]4[C@@](C)(CO)CCC[C@]4(CO)[C@H]3CC[C@]1(C)O2. The second-order valence-electron chi connectivity index (χ2n) is 11.9. The second-order valence-corrected chi connectivity index (χ2v) is 11.9.